The number of hydrogen-bond donors (Lipinski definition) is 3. The lowest BCUT2D eigenvalue weighted by molar-refractivity contribution is -0.384. The van der Waals surface area contributed by atoms with Gasteiger partial charge in [-0.1, -0.05) is 30.3 Å². The second kappa shape index (κ2) is 9.98. The summed E-state index contributed by atoms with van der Waals surface area (Å²) in [5.41, 5.74) is 4.74. The molecule has 0 saturated heterocycles. The number of hydrazine groups is 1. The molecule has 0 fully saturated rings. The van der Waals surface area contributed by atoms with Crippen LogP contribution in [0.1, 0.15) is 10.6 Å². The van der Waals surface area contributed by atoms with Gasteiger partial charge in [-0.15, -0.1) is 0 Å². The highest BCUT2D eigenvalue weighted by Crippen LogP contribution is 2.30. The monoisotopic (exact) mass is 440 g/mol. The zero-order valence-electron chi connectivity index (χ0n) is 15.9. The summed E-state index contributed by atoms with van der Waals surface area (Å²) in [6, 6.07) is 17.6. The molecule has 1 aromatic heterocycles. The van der Waals surface area contributed by atoms with Crippen LogP contribution in [-0.4, -0.2) is 28.5 Å². The Morgan fingerprint density at radius 2 is 1.71 bits per heavy atom. The Morgan fingerprint density at radius 3 is 2.45 bits per heavy atom. The first-order chi connectivity index (χ1) is 14.9. The number of hydrogen-bond acceptors (Lipinski definition) is 7. The molecule has 0 aliphatic heterocycles. The lowest BCUT2D eigenvalue weighted by atomic mass is 10.1. The number of nitrogens with zero attached hydrogens (tertiary/aromatic N) is 1. The minimum absolute atomic E-state index is 0.115. The molecule has 1 heterocycles. The van der Waals surface area contributed by atoms with Gasteiger partial charge in [-0.3, -0.25) is 35.9 Å². The first kappa shape index (κ1) is 21.5. The van der Waals surface area contributed by atoms with Gasteiger partial charge in [-0.25, -0.2) is 0 Å². The van der Waals surface area contributed by atoms with Crippen molar-refractivity contribution in [3.8, 4) is 17.1 Å². The molecule has 31 heavy (non-hydrogen) atoms. The Bertz CT molecular complexity index is 1120. The fourth-order valence-electron chi connectivity index (χ4n) is 2.47. The number of amides is 2. The minimum Gasteiger partial charge on any atom is -0.484 e. The van der Waals surface area contributed by atoms with Crippen molar-refractivity contribution >= 4 is 34.8 Å². The van der Waals surface area contributed by atoms with Crippen molar-refractivity contribution in [1.82, 2.24) is 16.2 Å². The van der Waals surface area contributed by atoms with Crippen LogP contribution in [0, 0.1) is 10.1 Å². The molecular weight excluding hydrogens is 424 g/mol. The van der Waals surface area contributed by atoms with Crippen LogP contribution in [0.4, 0.5) is 5.69 Å². The van der Waals surface area contributed by atoms with Crippen molar-refractivity contribution in [1.29, 1.82) is 0 Å². The van der Waals surface area contributed by atoms with Gasteiger partial charge in [0.2, 0.25) is 0 Å². The Morgan fingerprint density at radius 1 is 1.00 bits per heavy atom. The first-order valence-electron chi connectivity index (χ1n) is 8.85. The highest BCUT2D eigenvalue weighted by atomic mass is 32.1. The van der Waals surface area contributed by atoms with Crippen molar-refractivity contribution in [3.63, 3.8) is 0 Å². The quantitative estimate of drug-likeness (QED) is 0.302. The van der Waals surface area contributed by atoms with Gasteiger partial charge >= 0.3 is 0 Å². The minimum atomic E-state index is -0.697. The van der Waals surface area contributed by atoms with E-state index < -0.39 is 16.7 Å². The summed E-state index contributed by atoms with van der Waals surface area (Å²) in [4.78, 5) is 34.7. The topological polar surface area (TPSA) is 136 Å². The third-order valence-electron chi connectivity index (χ3n) is 3.85. The molecule has 0 atom stereocenters. The van der Waals surface area contributed by atoms with E-state index in [1.165, 1.54) is 30.3 Å². The lowest BCUT2D eigenvalue weighted by Gasteiger charge is -2.10. The molecule has 0 aliphatic carbocycles. The van der Waals surface area contributed by atoms with Gasteiger partial charge < -0.3 is 9.15 Å². The average Bonchev–Trinajstić information content (AvgIpc) is 3.27. The SMILES string of the molecule is O=C(COc1ccccc1)NNC(=S)NC(=O)c1ccc(-c2ccccc2[N+](=O)[O-])o1. The van der Waals surface area contributed by atoms with E-state index in [2.05, 4.69) is 16.2 Å². The molecule has 0 unspecified atom stereocenters. The molecule has 3 aromatic rings. The maximum absolute atomic E-state index is 12.3. The Labute approximate surface area is 181 Å². The number of para-hydroxylation sites is 2. The molecule has 2 aromatic carbocycles. The Balaban J connectivity index is 1.51. The summed E-state index contributed by atoms with van der Waals surface area (Å²) in [6.07, 6.45) is 0. The fourth-order valence-corrected chi connectivity index (χ4v) is 2.61. The maximum atomic E-state index is 12.3. The second-order valence-corrected chi connectivity index (χ2v) is 6.40. The van der Waals surface area contributed by atoms with Gasteiger partial charge in [0.05, 0.1) is 10.5 Å². The maximum Gasteiger partial charge on any atom is 0.293 e. The summed E-state index contributed by atoms with van der Waals surface area (Å²) in [5.74, 6) is -0.645. The number of furan rings is 1. The fraction of sp³-hybridized carbons (Fsp3) is 0.0500. The number of carbonyl (C=O) groups is 2. The molecule has 0 spiro atoms. The molecule has 0 aliphatic rings. The summed E-state index contributed by atoms with van der Waals surface area (Å²) >= 11 is 4.95. The van der Waals surface area contributed by atoms with Crippen LogP contribution in [0.5, 0.6) is 5.75 Å². The van der Waals surface area contributed by atoms with Crippen LogP contribution >= 0.6 is 12.2 Å². The molecule has 158 valence electrons. The summed E-state index contributed by atoms with van der Waals surface area (Å²) < 4.78 is 10.7. The van der Waals surface area contributed by atoms with Gasteiger partial charge in [0, 0.05) is 6.07 Å². The number of thiocarbonyl (C=S) groups is 1. The summed E-state index contributed by atoms with van der Waals surface area (Å²) in [7, 11) is 0. The number of nitro groups is 1. The van der Waals surface area contributed by atoms with Gasteiger partial charge in [0.25, 0.3) is 17.5 Å². The third kappa shape index (κ3) is 5.87. The van der Waals surface area contributed by atoms with Crippen LogP contribution < -0.4 is 20.9 Å². The second-order valence-electron chi connectivity index (χ2n) is 6.00. The van der Waals surface area contributed by atoms with Gasteiger partial charge in [-0.2, -0.15) is 0 Å². The number of benzene rings is 2. The van der Waals surface area contributed by atoms with Crippen molar-refractivity contribution in [2.24, 2.45) is 0 Å². The molecule has 3 rings (SSSR count). The molecule has 2 amide bonds. The average molecular weight is 440 g/mol. The first-order valence-corrected chi connectivity index (χ1v) is 9.26. The van der Waals surface area contributed by atoms with Crippen molar-refractivity contribution in [2.75, 3.05) is 6.61 Å². The van der Waals surface area contributed by atoms with Crippen LogP contribution in [-0.2, 0) is 4.79 Å². The molecule has 11 heteroatoms. The zero-order chi connectivity index (χ0) is 22.2. The predicted octanol–water partition coefficient (Wildman–Crippen LogP) is 2.57. The van der Waals surface area contributed by atoms with E-state index >= 15 is 0 Å². The van der Waals surface area contributed by atoms with Crippen LogP contribution in [0.3, 0.4) is 0 Å². The number of ether oxygens (including phenoxy) is 1. The number of rotatable bonds is 6. The Hall–Kier alpha value is -4.25. The van der Waals surface area contributed by atoms with Crippen molar-refractivity contribution < 1.29 is 23.7 Å². The Kier molecular flexibility index (Phi) is 6.91. The normalized spacial score (nSPS) is 10.1. The highest BCUT2D eigenvalue weighted by Gasteiger charge is 2.19. The standard InChI is InChI=1S/C20H16N4O6S/c25-18(12-29-13-6-2-1-3-7-13)22-23-20(31)21-19(26)17-11-10-16(30-17)14-8-4-5-9-15(14)24(27)28/h1-11H,12H2,(H,22,25)(H2,21,23,26,31). The molecule has 0 bridgehead atoms. The summed E-state index contributed by atoms with van der Waals surface area (Å²) in [6.45, 7) is -0.259. The number of nitro benzene ring substituents is 1. The number of carbonyl (C=O) groups excluding carboxylic acids is 2. The predicted molar refractivity (Wildman–Crippen MR) is 114 cm³/mol. The lowest BCUT2D eigenvalue weighted by Crippen LogP contribution is -2.49. The van der Waals surface area contributed by atoms with E-state index in [0.717, 1.165) is 0 Å². The molecule has 10 nitrogen and oxygen atoms in total. The smallest absolute Gasteiger partial charge is 0.293 e. The van der Waals surface area contributed by atoms with E-state index in [1.54, 1.807) is 30.3 Å². The van der Waals surface area contributed by atoms with E-state index in [1.807, 2.05) is 6.07 Å². The molecule has 0 radical (unpaired) electrons. The summed E-state index contributed by atoms with van der Waals surface area (Å²) in [5, 5.41) is 13.3. The van der Waals surface area contributed by atoms with Gasteiger partial charge in [-0.05, 0) is 42.5 Å². The van der Waals surface area contributed by atoms with Gasteiger partial charge in [0.1, 0.15) is 11.5 Å². The number of nitrogens with one attached hydrogen (secondary N) is 3. The molecule has 0 saturated carbocycles. The molecule has 3 N–H and O–H groups in total. The van der Waals surface area contributed by atoms with Crippen molar-refractivity contribution in [2.45, 2.75) is 0 Å². The van der Waals surface area contributed by atoms with E-state index in [4.69, 9.17) is 21.4 Å². The largest absolute Gasteiger partial charge is 0.484 e. The van der Waals surface area contributed by atoms with Crippen molar-refractivity contribution in [3.05, 3.63) is 82.6 Å². The van der Waals surface area contributed by atoms with Gasteiger partial charge in [0.15, 0.2) is 17.5 Å². The highest BCUT2D eigenvalue weighted by molar-refractivity contribution is 7.80. The third-order valence-corrected chi connectivity index (χ3v) is 4.06. The van der Waals surface area contributed by atoms with E-state index in [0.29, 0.717) is 5.75 Å². The zero-order valence-corrected chi connectivity index (χ0v) is 16.7. The van der Waals surface area contributed by atoms with Crippen LogP contribution in [0.2, 0.25) is 0 Å². The van der Waals surface area contributed by atoms with E-state index in [9.17, 15) is 19.7 Å². The van der Waals surface area contributed by atoms with Crippen LogP contribution in [0.15, 0.2) is 71.1 Å². The van der Waals surface area contributed by atoms with E-state index in [-0.39, 0.29) is 34.5 Å². The van der Waals surface area contributed by atoms with Crippen LogP contribution in [0.25, 0.3) is 11.3 Å². The molecular formula is C20H16N4O6S.